The molecule has 1 aliphatic heterocycles. The maximum Gasteiger partial charge on any atom is 0.192 e. The first kappa shape index (κ1) is 32.1. The molecule has 1 heterocycles. The van der Waals surface area contributed by atoms with Crippen molar-refractivity contribution >= 4 is 14.1 Å². The standard InChI is InChI=1S/C35H62O5Si/c1-23(2)13-18-34(38-19-20-39-34)24(3)35(37)30(36)22-29-27-12-11-25-21-26(40-41(9,10)31(4,5)6)14-16-32(25,7)28(27)15-17-33(29,35)8/h23-29,37H,11-22H2,1-10H3/t24-,25+,26+,27-,28+,29+,32+,33+,35-/m1/s1. The number of fused-ring (bicyclic) bond motifs is 5. The van der Waals surface area contributed by atoms with Crippen LogP contribution in [0.5, 0.6) is 0 Å². The van der Waals surface area contributed by atoms with Gasteiger partial charge < -0.3 is 19.0 Å². The fourth-order valence-corrected chi connectivity index (χ4v) is 11.8. The van der Waals surface area contributed by atoms with Crippen LogP contribution in [0.1, 0.15) is 120 Å². The highest BCUT2D eigenvalue weighted by Crippen LogP contribution is 2.69. The van der Waals surface area contributed by atoms with Crippen LogP contribution >= 0.6 is 0 Å². The van der Waals surface area contributed by atoms with Gasteiger partial charge >= 0.3 is 0 Å². The fraction of sp³-hybridized carbons (Fsp3) is 0.971. The van der Waals surface area contributed by atoms with Crippen molar-refractivity contribution in [3.05, 3.63) is 0 Å². The van der Waals surface area contributed by atoms with Gasteiger partial charge in [0, 0.05) is 30.3 Å². The summed E-state index contributed by atoms with van der Waals surface area (Å²) in [5, 5.41) is 12.9. The van der Waals surface area contributed by atoms with Crippen LogP contribution in [0.25, 0.3) is 0 Å². The molecule has 4 aliphatic carbocycles. The lowest BCUT2D eigenvalue weighted by molar-refractivity contribution is -0.261. The molecule has 0 bridgehead atoms. The molecule has 0 aromatic rings. The molecule has 0 radical (unpaired) electrons. The zero-order valence-corrected chi connectivity index (χ0v) is 29.1. The Morgan fingerprint density at radius 1 is 1.00 bits per heavy atom. The van der Waals surface area contributed by atoms with E-state index in [0.29, 0.717) is 54.8 Å². The van der Waals surface area contributed by atoms with Crippen LogP contribution in [0.2, 0.25) is 18.1 Å². The Balaban J connectivity index is 1.36. The number of hydrogen-bond donors (Lipinski definition) is 1. The van der Waals surface area contributed by atoms with Gasteiger partial charge in [0.05, 0.1) is 13.2 Å². The molecule has 4 saturated carbocycles. The number of aliphatic hydroxyl groups is 1. The molecule has 0 aromatic carbocycles. The smallest absolute Gasteiger partial charge is 0.192 e. The second-order valence-electron chi connectivity index (χ2n) is 17.4. The Hall–Kier alpha value is -0.273. The fourth-order valence-electron chi connectivity index (χ4n) is 10.4. The van der Waals surface area contributed by atoms with Crippen molar-refractivity contribution in [1.82, 2.24) is 0 Å². The summed E-state index contributed by atoms with van der Waals surface area (Å²) in [5.41, 5.74) is -1.53. The van der Waals surface area contributed by atoms with Gasteiger partial charge in [-0.05, 0) is 105 Å². The van der Waals surface area contributed by atoms with Crippen molar-refractivity contribution in [1.29, 1.82) is 0 Å². The third-order valence-electron chi connectivity index (χ3n) is 14.1. The molecule has 5 rings (SSSR count). The Bertz CT molecular complexity index is 982. The highest BCUT2D eigenvalue weighted by Gasteiger charge is 2.72. The van der Waals surface area contributed by atoms with Crippen LogP contribution in [0.15, 0.2) is 0 Å². The molecule has 0 aromatic heterocycles. The zero-order chi connectivity index (χ0) is 30.2. The summed E-state index contributed by atoms with van der Waals surface area (Å²) in [6.07, 6.45) is 10.6. The van der Waals surface area contributed by atoms with E-state index in [1.54, 1.807) is 0 Å². The van der Waals surface area contributed by atoms with Gasteiger partial charge in [0.1, 0.15) is 5.60 Å². The van der Waals surface area contributed by atoms with E-state index in [9.17, 15) is 9.90 Å². The van der Waals surface area contributed by atoms with E-state index in [4.69, 9.17) is 13.9 Å². The SMILES string of the molecule is CC(C)CCC1([C@@H](C)[C@@]2(O)C(=O)C[C@H]3[C@@H]4CC[C@H]5C[C@@H](O[Si](C)(C)C(C)(C)C)CC[C@]5(C)[C@H]4CC[C@@]32C)OCCO1. The molecular formula is C35H62O5Si. The van der Waals surface area contributed by atoms with Crippen LogP contribution in [-0.4, -0.2) is 49.9 Å². The highest BCUT2D eigenvalue weighted by atomic mass is 28.4. The molecule has 0 spiro atoms. The van der Waals surface area contributed by atoms with Gasteiger partial charge in [-0.2, -0.15) is 0 Å². The molecule has 5 fully saturated rings. The first-order chi connectivity index (χ1) is 18.9. The minimum absolute atomic E-state index is 0.0416. The summed E-state index contributed by atoms with van der Waals surface area (Å²) < 4.78 is 19.6. The molecule has 1 saturated heterocycles. The van der Waals surface area contributed by atoms with Crippen molar-refractivity contribution in [2.24, 2.45) is 46.3 Å². The minimum atomic E-state index is -1.79. The lowest BCUT2D eigenvalue weighted by Gasteiger charge is -2.62. The number of carbonyl (C=O) groups is 1. The van der Waals surface area contributed by atoms with Crippen molar-refractivity contribution in [3.63, 3.8) is 0 Å². The number of carbonyl (C=O) groups excluding carboxylic acids is 1. The second kappa shape index (κ2) is 10.7. The maximum absolute atomic E-state index is 14.1. The largest absolute Gasteiger partial charge is 0.414 e. The van der Waals surface area contributed by atoms with E-state index < -0.39 is 25.1 Å². The molecule has 41 heavy (non-hydrogen) atoms. The van der Waals surface area contributed by atoms with E-state index in [1.165, 1.54) is 25.7 Å². The van der Waals surface area contributed by atoms with Gasteiger partial charge in [0.2, 0.25) is 0 Å². The second-order valence-corrected chi connectivity index (χ2v) is 22.2. The number of hydrogen-bond acceptors (Lipinski definition) is 5. The van der Waals surface area contributed by atoms with E-state index in [2.05, 4.69) is 61.6 Å². The third kappa shape index (κ3) is 4.96. The molecule has 0 amide bonds. The molecule has 236 valence electrons. The van der Waals surface area contributed by atoms with Gasteiger partial charge in [-0.25, -0.2) is 0 Å². The average Bonchev–Trinajstić information content (AvgIpc) is 3.44. The molecule has 9 atom stereocenters. The summed E-state index contributed by atoms with van der Waals surface area (Å²) in [5.74, 6) is 1.38. The van der Waals surface area contributed by atoms with Crippen molar-refractivity contribution in [2.75, 3.05) is 13.2 Å². The molecule has 5 aliphatic rings. The van der Waals surface area contributed by atoms with Crippen LogP contribution in [0, 0.1) is 46.3 Å². The molecule has 5 nitrogen and oxygen atoms in total. The van der Waals surface area contributed by atoms with Crippen LogP contribution < -0.4 is 0 Å². The normalized spacial score (nSPS) is 43.5. The van der Waals surface area contributed by atoms with Crippen LogP contribution in [0.3, 0.4) is 0 Å². The maximum atomic E-state index is 14.1. The van der Waals surface area contributed by atoms with Crippen LogP contribution in [-0.2, 0) is 18.7 Å². The summed E-state index contributed by atoms with van der Waals surface area (Å²) in [6.45, 7) is 24.2. The topological polar surface area (TPSA) is 65.0 Å². The van der Waals surface area contributed by atoms with Crippen molar-refractivity contribution < 1.29 is 23.8 Å². The zero-order valence-electron chi connectivity index (χ0n) is 28.1. The summed E-state index contributed by atoms with van der Waals surface area (Å²) >= 11 is 0. The van der Waals surface area contributed by atoms with Crippen molar-refractivity contribution in [2.45, 2.75) is 155 Å². The lowest BCUT2D eigenvalue weighted by Crippen LogP contribution is -2.63. The monoisotopic (exact) mass is 590 g/mol. The molecular weight excluding hydrogens is 528 g/mol. The predicted octanol–water partition coefficient (Wildman–Crippen LogP) is 8.15. The number of ether oxygens (including phenoxy) is 2. The van der Waals surface area contributed by atoms with Gasteiger partial charge in [-0.3, -0.25) is 4.79 Å². The van der Waals surface area contributed by atoms with Crippen LogP contribution in [0.4, 0.5) is 0 Å². The lowest BCUT2D eigenvalue weighted by atomic mass is 9.44. The Morgan fingerprint density at radius 2 is 1.66 bits per heavy atom. The van der Waals surface area contributed by atoms with Gasteiger partial charge in [0.15, 0.2) is 19.9 Å². The van der Waals surface area contributed by atoms with E-state index >= 15 is 0 Å². The number of Topliss-reactive ketones (excluding diaryl/α,β-unsaturated/α-hetero) is 1. The Morgan fingerprint density at radius 3 is 2.27 bits per heavy atom. The first-order valence-corrected chi connectivity index (χ1v) is 20.0. The summed E-state index contributed by atoms with van der Waals surface area (Å²) in [6, 6.07) is 0. The summed E-state index contributed by atoms with van der Waals surface area (Å²) in [7, 11) is -1.79. The average molecular weight is 591 g/mol. The minimum Gasteiger partial charge on any atom is -0.414 e. The predicted molar refractivity (Wildman–Crippen MR) is 167 cm³/mol. The van der Waals surface area contributed by atoms with E-state index in [1.807, 2.05) is 6.92 Å². The number of rotatable bonds is 7. The van der Waals surface area contributed by atoms with E-state index in [0.717, 1.165) is 32.1 Å². The van der Waals surface area contributed by atoms with Crippen molar-refractivity contribution in [3.8, 4) is 0 Å². The first-order valence-electron chi connectivity index (χ1n) is 17.1. The van der Waals surface area contributed by atoms with Gasteiger partial charge in [0.25, 0.3) is 0 Å². The number of ketones is 1. The summed E-state index contributed by atoms with van der Waals surface area (Å²) in [4.78, 5) is 14.1. The Labute approximate surface area is 252 Å². The van der Waals surface area contributed by atoms with Gasteiger partial charge in [-0.15, -0.1) is 0 Å². The van der Waals surface area contributed by atoms with Gasteiger partial charge in [-0.1, -0.05) is 55.4 Å². The quantitative estimate of drug-likeness (QED) is 0.303. The molecule has 0 unspecified atom stereocenters. The molecule has 6 heteroatoms. The third-order valence-corrected chi connectivity index (χ3v) is 18.6. The molecule has 1 N–H and O–H groups in total. The highest BCUT2D eigenvalue weighted by molar-refractivity contribution is 6.74. The Kier molecular flexibility index (Phi) is 8.36. The van der Waals surface area contributed by atoms with E-state index in [-0.39, 0.29) is 22.7 Å².